The second-order valence-corrected chi connectivity index (χ2v) is 10.0. The van der Waals surface area contributed by atoms with Crippen LogP contribution in [0.15, 0.2) is 48.0 Å². The number of para-hydroxylation sites is 1. The monoisotopic (exact) mass is 379 g/mol. The predicted octanol–water partition coefficient (Wildman–Crippen LogP) is 6.55. The molecule has 2 aromatic carbocycles. The number of thioether (sulfide) groups is 1. The molecule has 0 saturated heterocycles. The lowest BCUT2D eigenvalue weighted by Gasteiger charge is -2.28. The van der Waals surface area contributed by atoms with E-state index in [0.717, 1.165) is 5.56 Å². The largest absolute Gasteiger partial charge is 0.331 e. The van der Waals surface area contributed by atoms with Gasteiger partial charge in [0.1, 0.15) is 5.88 Å². The normalized spacial score (nSPS) is 14.9. The molecule has 1 aliphatic rings. The van der Waals surface area contributed by atoms with Crippen molar-refractivity contribution >= 4 is 17.4 Å². The average molecular weight is 380 g/mol. The molecule has 0 unspecified atom stereocenters. The van der Waals surface area contributed by atoms with Crippen LogP contribution in [0.4, 0.5) is 5.69 Å². The third-order valence-corrected chi connectivity index (χ3v) is 5.68. The molecular formula is C24H31N2S. The highest BCUT2D eigenvalue weighted by molar-refractivity contribution is 8.04. The van der Waals surface area contributed by atoms with Gasteiger partial charge in [-0.1, -0.05) is 77.9 Å². The van der Waals surface area contributed by atoms with Crippen LogP contribution in [0.3, 0.4) is 0 Å². The van der Waals surface area contributed by atoms with Gasteiger partial charge in [0.2, 0.25) is 0 Å². The number of hydrogen-bond donors (Lipinski definition) is 1. The van der Waals surface area contributed by atoms with Gasteiger partial charge in [0.15, 0.2) is 0 Å². The molecule has 0 fully saturated rings. The van der Waals surface area contributed by atoms with E-state index < -0.39 is 0 Å². The van der Waals surface area contributed by atoms with Gasteiger partial charge < -0.3 is 10.6 Å². The molecule has 0 amide bonds. The zero-order valence-electron chi connectivity index (χ0n) is 17.3. The van der Waals surface area contributed by atoms with Gasteiger partial charge in [-0.25, -0.2) is 0 Å². The quantitative estimate of drug-likeness (QED) is 0.655. The fourth-order valence-electron chi connectivity index (χ4n) is 3.31. The van der Waals surface area contributed by atoms with E-state index in [9.17, 15) is 0 Å². The van der Waals surface area contributed by atoms with Crippen molar-refractivity contribution in [2.45, 2.75) is 58.9 Å². The van der Waals surface area contributed by atoms with Crippen molar-refractivity contribution < 1.29 is 0 Å². The smallest absolute Gasteiger partial charge is 0.114 e. The first-order chi connectivity index (χ1) is 12.6. The van der Waals surface area contributed by atoms with Crippen molar-refractivity contribution in [3.63, 3.8) is 0 Å². The lowest BCUT2D eigenvalue weighted by atomic mass is 9.78. The number of rotatable bonds is 3. The van der Waals surface area contributed by atoms with E-state index in [1.54, 1.807) is 11.8 Å². The predicted molar refractivity (Wildman–Crippen MR) is 121 cm³/mol. The van der Waals surface area contributed by atoms with E-state index in [1.165, 1.54) is 27.9 Å². The van der Waals surface area contributed by atoms with Crippen LogP contribution in [-0.2, 0) is 17.4 Å². The van der Waals surface area contributed by atoms with E-state index in [1.807, 2.05) is 0 Å². The van der Waals surface area contributed by atoms with Crippen LogP contribution in [0.1, 0.15) is 58.2 Å². The molecule has 2 nitrogen and oxygen atoms in total. The van der Waals surface area contributed by atoms with E-state index in [0.29, 0.717) is 6.54 Å². The van der Waals surface area contributed by atoms with Crippen molar-refractivity contribution in [3.05, 3.63) is 70.6 Å². The molecule has 143 valence electrons. The Labute approximate surface area is 168 Å². The Morgan fingerprint density at radius 1 is 0.926 bits per heavy atom. The van der Waals surface area contributed by atoms with Crippen LogP contribution in [0, 0.1) is 5.88 Å². The molecule has 1 radical (unpaired) electrons. The van der Waals surface area contributed by atoms with E-state index in [4.69, 9.17) is 5.73 Å². The summed E-state index contributed by atoms with van der Waals surface area (Å²) in [7, 11) is 0. The highest BCUT2D eigenvalue weighted by Gasteiger charge is 2.23. The molecule has 1 heterocycles. The minimum Gasteiger partial charge on any atom is -0.331 e. The van der Waals surface area contributed by atoms with E-state index in [2.05, 4.69) is 100 Å². The molecule has 27 heavy (non-hydrogen) atoms. The summed E-state index contributed by atoms with van der Waals surface area (Å²) in [5.74, 6) is 2.14. The first kappa shape index (κ1) is 20.0. The fraction of sp³-hybridized carbons (Fsp3) is 0.375. The Kier molecular flexibility index (Phi) is 5.47. The van der Waals surface area contributed by atoms with Crippen LogP contribution in [0.25, 0.3) is 11.1 Å². The maximum absolute atomic E-state index is 6.09. The fourth-order valence-corrected chi connectivity index (χ4v) is 3.89. The molecule has 0 spiro atoms. The highest BCUT2D eigenvalue weighted by Crippen LogP contribution is 2.41. The lowest BCUT2D eigenvalue weighted by Crippen LogP contribution is -2.17. The molecule has 0 aliphatic carbocycles. The van der Waals surface area contributed by atoms with Crippen LogP contribution >= 0.6 is 11.8 Å². The Morgan fingerprint density at radius 3 is 2.04 bits per heavy atom. The summed E-state index contributed by atoms with van der Waals surface area (Å²) in [5.41, 5.74) is 13.9. The Hall–Kier alpha value is -1.71. The molecule has 0 atom stereocenters. The Balaban J connectivity index is 2.26. The molecule has 2 aromatic rings. The lowest BCUT2D eigenvalue weighted by molar-refractivity contribution is 0.569. The molecule has 0 bridgehead atoms. The number of hydrogen-bond acceptors (Lipinski definition) is 3. The molecule has 1 aliphatic heterocycles. The standard InChI is InChI=1S/C24H31N2S/c1-23(2,3)19-12-18(13-20(14-19)24(4,5)6)21-9-7-8-17(15-25)22(21)26-10-11-27-16-26/h7-14,16H,15,25H2,1-6H3. The van der Waals surface area contributed by atoms with Crippen LogP contribution in [0.2, 0.25) is 0 Å². The first-order valence-electron chi connectivity index (χ1n) is 9.53. The zero-order valence-corrected chi connectivity index (χ0v) is 18.2. The number of anilines is 1. The van der Waals surface area contributed by atoms with Crippen LogP contribution < -0.4 is 10.6 Å². The van der Waals surface area contributed by atoms with E-state index >= 15 is 0 Å². The van der Waals surface area contributed by atoms with Crippen molar-refractivity contribution in [2.24, 2.45) is 5.73 Å². The second kappa shape index (κ2) is 7.37. The minimum atomic E-state index is 0.0944. The summed E-state index contributed by atoms with van der Waals surface area (Å²) in [4.78, 5) is 2.20. The maximum atomic E-state index is 6.09. The van der Waals surface area contributed by atoms with Gasteiger partial charge in [-0.15, -0.1) is 11.8 Å². The zero-order chi connectivity index (χ0) is 19.8. The molecule has 2 N–H and O–H groups in total. The highest BCUT2D eigenvalue weighted by atomic mass is 32.2. The summed E-state index contributed by atoms with van der Waals surface area (Å²) in [6.07, 6.45) is 2.11. The summed E-state index contributed by atoms with van der Waals surface area (Å²) < 4.78 is 0. The van der Waals surface area contributed by atoms with Crippen molar-refractivity contribution in [1.29, 1.82) is 0 Å². The van der Waals surface area contributed by atoms with Gasteiger partial charge in [0.25, 0.3) is 0 Å². The van der Waals surface area contributed by atoms with Crippen molar-refractivity contribution in [1.82, 2.24) is 0 Å². The van der Waals surface area contributed by atoms with Crippen molar-refractivity contribution in [3.8, 4) is 11.1 Å². The van der Waals surface area contributed by atoms with Gasteiger partial charge >= 0.3 is 0 Å². The van der Waals surface area contributed by atoms with Crippen LogP contribution in [0.5, 0.6) is 0 Å². The summed E-state index contributed by atoms with van der Waals surface area (Å²) in [5, 5.41) is 2.10. The number of benzene rings is 2. The molecule has 3 heteroatoms. The summed E-state index contributed by atoms with van der Waals surface area (Å²) in [6.45, 7) is 14.2. The average Bonchev–Trinajstić information content (AvgIpc) is 3.13. The van der Waals surface area contributed by atoms with Gasteiger partial charge in [0.05, 0.1) is 5.69 Å². The topological polar surface area (TPSA) is 29.3 Å². The molecule has 3 rings (SSSR count). The molecule has 0 aromatic heterocycles. The number of nitrogens with zero attached hydrogens (tertiary/aromatic N) is 1. The Bertz CT molecular complexity index is 821. The molecular weight excluding hydrogens is 348 g/mol. The number of nitrogens with two attached hydrogens (primary N) is 1. The van der Waals surface area contributed by atoms with Crippen molar-refractivity contribution in [2.75, 3.05) is 4.90 Å². The van der Waals surface area contributed by atoms with Crippen LogP contribution in [-0.4, -0.2) is 0 Å². The summed E-state index contributed by atoms with van der Waals surface area (Å²) in [6, 6.07) is 13.5. The minimum absolute atomic E-state index is 0.0944. The summed E-state index contributed by atoms with van der Waals surface area (Å²) >= 11 is 1.69. The maximum Gasteiger partial charge on any atom is 0.114 e. The SMILES string of the molecule is CC(C)(C)c1cc(-c2cccc(CN)c2N2[CH]SC=C2)cc(C(C)(C)C)c1. The molecule has 0 saturated carbocycles. The third kappa shape index (κ3) is 4.25. The van der Waals surface area contributed by atoms with Gasteiger partial charge in [-0.3, -0.25) is 0 Å². The third-order valence-electron chi connectivity index (χ3n) is 5.05. The second-order valence-electron chi connectivity index (χ2n) is 9.25. The van der Waals surface area contributed by atoms with Gasteiger partial charge in [0, 0.05) is 18.3 Å². The van der Waals surface area contributed by atoms with Gasteiger partial charge in [-0.05, 0) is 38.5 Å². The van der Waals surface area contributed by atoms with E-state index in [-0.39, 0.29) is 10.8 Å². The first-order valence-corrected chi connectivity index (χ1v) is 10.5. The van der Waals surface area contributed by atoms with Gasteiger partial charge in [-0.2, -0.15) is 0 Å². The Morgan fingerprint density at radius 2 is 1.56 bits per heavy atom.